The number of carbonyl (C=O) groups is 1. The molecule has 1 N–H and O–H groups in total. The van der Waals surface area contributed by atoms with Crippen LogP contribution in [-0.4, -0.2) is 61.0 Å². The lowest BCUT2D eigenvalue weighted by Gasteiger charge is -2.35. The smallest absolute Gasteiger partial charge is 0.237 e. The van der Waals surface area contributed by atoms with Crippen molar-refractivity contribution in [2.75, 3.05) is 33.2 Å². The van der Waals surface area contributed by atoms with Gasteiger partial charge in [0.15, 0.2) is 0 Å². The van der Waals surface area contributed by atoms with Crippen LogP contribution in [0.15, 0.2) is 0 Å². The fraction of sp³-hybridized carbons (Fsp3) is 0.909. The van der Waals surface area contributed by atoms with Crippen molar-refractivity contribution in [1.29, 1.82) is 0 Å². The Hall–Kier alpha value is -0.610. The Labute approximate surface area is 92.6 Å². The highest BCUT2D eigenvalue weighted by molar-refractivity contribution is 5.78. The van der Waals surface area contributed by atoms with E-state index < -0.39 is 0 Å². The summed E-state index contributed by atoms with van der Waals surface area (Å²) in [6.45, 7) is 9.51. The van der Waals surface area contributed by atoms with Gasteiger partial charge in [-0.05, 0) is 27.8 Å². The number of hydrogen-bond acceptors (Lipinski definition) is 3. The SMILES string of the molecule is CC(C)N(C)CC(=O)N1CCNC[C@H]1C. The Morgan fingerprint density at radius 2 is 2.27 bits per heavy atom. The van der Waals surface area contributed by atoms with E-state index in [1.165, 1.54) is 0 Å². The van der Waals surface area contributed by atoms with Gasteiger partial charge in [-0.2, -0.15) is 0 Å². The zero-order chi connectivity index (χ0) is 11.4. The minimum atomic E-state index is 0.250. The molecule has 0 radical (unpaired) electrons. The van der Waals surface area contributed by atoms with Crippen LogP contribution >= 0.6 is 0 Å². The van der Waals surface area contributed by atoms with Gasteiger partial charge in [0.25, 0.3) is 0 Å². The van der Waals surface area contributed by atoms with E-state index in [1.807, 2.05) is 11.9 Å². The molecule has 1 aliphatic heterocycles. The molecular formula is C11H23N3O. The lowest BCUT2D eigenvalue weighted by Crippen LogP contribution is -2.54. The molecule has 0 saturated carbocycles. The van der Waals surface area contributed by atoms with Crippen LogP contribution < -0.4 is 5.32 Å². The first-order chi connectivity index (χ1) is 7.02. The number of nitrogens with zero attached hydrogens (tertiary/aromatic N) is 2. The molecule has 15 heavy (non-hydrogen) atoms. The summed E-state index contributed by atoms with van der Waals surface area (Å²) in [4.78, 5) is 16.0. The standard InChI is InChI=1S/C11H23N3O/c1-9(2)13(4)8-11(15)14-6-5-12-7-10(14)3/h9-10,12H,5-8H2,1-4H3/t10-/m1/s1. The second-order valence-electron chi connectivity index (χ2n) is 4.65. The third kappa shape index (κ3) is 3.47. The summed E-state index contributed by atoms with van der Waals surface area (Å²) in [5.41, 5.74) is 0. The van der Waals surface area contributed by atoms with E-state index in [9.17, 15) is 4.79 Å². The fourth-order valence-corrected chi connectivity index (χ4v) is 1.70. The van der Waals surface area contributed by atoms with Crippen molar-refractivity contribution >= 4 is 5.91 Å². The molecule has 1 saturated heterocycles. The number of carbonyl (C=O) groups excluding carboxylic acids is 1. The molecule has 1 aliphatic rings. The monoisotopic (exact) mass is 213 g/mol. The molecule has 1 atom stereocenters. The maximum atomic E-state index is 12.0. The predicted octanol–water partition coefficient (Wildman–Crippen LogP) is 0.147. The summed E-state index contributed by atoms with van der Waals surface area (Å²) in [7, 11) is 2.00. The van der Waals surface area contributed by atoms with E-state index >= 15 is 0 Å². The summed E-state index contributed by atoms with van der Waals surface area (Å²) < 4.78 is 0. The van der Waals surface area contributed by atoms with E-state index in [4.69, 9.17) is 0 Å². The normalized spacial score (nSPS) is 22.5. The molecule has 1 rings (SSSR count). The lowest BCUT2D eigenvalue weighted by atomic mass is 10.2. The third-order valence-corrected chi connectivity index (χ3v) is 3.09. The van der Waals surface area contributed by atoms with Crippen LogP contribution in [0.4, 0.5) is 0 Å². The van der Waals surface area contributed by atoms with Gasteiger partial charge in [0.2, 0.25) is 5.91 Å². The lowest BCUT2D eigenvalue weighted by molar-refractivity contribution is -0.135. The summed E-state index contributed by atoms with van der Waals surface area (Å²) >= 11 is 0. The Bertz CT molecular complexity index is 218. The third-order valence-electron chi connectivity index (χ3n) is 3.09. The van der Waals surface area contributed by atoms with Crippen molar-refractivity contribution in [2.45, 2.75) is 32.9 Å². The van der Waals surface area contributed by atoms with Gasteiger partial charge < -0.3 is 10.2 Å². The number of amides is 1. The maximum Gasteiger partial charge on any atom is 0.237 e. The number of hydrogen-bond donors (Lipinski definition) is 1. The van der Waals surface area contributed by atoms with Crippen molar-refractivity contribution in [2.24, 2.45) is 0 Å². The molecular weight excluding hydrogens is 190 g/mol. The topological polar surface area (TPSA) is 35.6 Å². The summed E-state index contributed by atoms with van der Waals surface area (Å²) in [5, 5.41) is 3.29. The largest absolute Gasteiger partial charge is 0.336 e. The predicted molar refractivity (Wildman–Crippen MR) is 61.8 cm³/mol. The molecule has 0 spiro atoms. The summed E-state index contributed by atoms with van der Waals surface area (Å²) in [5.74, 6) is 0.250. The average molecular weight is 213 g/mol. The highest BCUT2D eigenvalue weighted by Gasteiger charge is 2.23. The minimum Gasteiger partial charge on any atom is -0.336 e. The number of rotatable bonds is 3. The van der Waals surface area contributed by atoms with Gasteiger partial charge >= 0.3 is 0 Å². The molecule has 0 aromatic heterocycles. The van der Waals surface area contributed by atoms with Crippen LogP contribution in [0.3, 0.4) is 0 Å². The van der Waals surface area contributed by atoms with Crippen molar-refractivity contribution in [3.8, 4) is 0 Å². The van der Waals surface area contributed by atoms with Crippen molar-refractivity contribution in [1.82, 2.24) is 15.1 Å². The molecule has 1 fully saturated rings. The van der Waals surface area contributed by atoms with Gasteiger partial charge in [-0.3, -0.25) is 9.69 Å². The second-order valence-corrected chi connectivity index (χ2v) is 4.65. The van der Waals surface area contributed by atoms with E-state index in [-0.39, 0.29) is 5.91 Å². The Balaban J connectivity index is 2.45. The second kappa shape index (κ2) is 5.47. The van der Waals surface area contributed by atoms with Crippen LogP contribution in [-0.2, 0) is 4.79 Å². The van der Waals surface area contributed by atoms with Crippen LogP contribution in [0, 0.1) is 0 Å². The molecule has 0 aliphatic carbocycles. The van der Waals surface area contributed by atoms with E-state index in [2.05, 4.69) is 31.0 Å². The summed E-state index contributed by atoms with van der Waals surface area (Å²) in [6, 6.07) is 0.749. The Morgan fingerprint density at radius 1 is 1.60 bits per heavy atom. The highest BCUT2D eigenvalue weighted by Crippen LogP contribution is 2.04. The van der Waals surface area contributed by atoms with Crippen molar-refractivity contribution < 1.29 is 4.79 Å². The first kappa shape index (κ1) is 12.5. The Morgan fingerprint density at radius 3 is 2.80 bits per heavy atom. The molecule has 4 nitrogen and oxygen atoms in total. The molecule has 1 heterocycles. The maximum absolute atomic E-state index is 12.0. The van der Waals surface area contributed by atoms with E-state index in [1.54, 1.807) is 0 Å². The first-order valence-corrected chi connectivity index (χ1v) is 5.72. The van der Waals surface area contributed by atoms with Gasteiger partial charge in [-0.15, -0.1) is 0 Å². The van der Waals surface area contributed by atoms with Gasteiger partial charge in [0.05, 0.1) is 6.54 Å². The Kier molecular flexibility index (Phi) is 4.54. The van der Waals surface area contributed by atoms with E-state index in [0.29, 0.717) is 18.6 Å². The minimum absolute atomic E-state index is 0.250. The number of piperazine rings is 1. The van der Waals surface area contributed by atoms with Gasteiger partial charge in [-0.1, -0.05) is 0 Å². The summed E-state index contributed by atoms with van der Waals surface area (Å²) in [6.07, 6.45) is 0. The average Bonchev–Trinajstić information content (AvgIpc) is 2.18. The molecule has 0 unspecified atom stereocenters. The molecule has 0 bridgehead atoms. The quantitative estimate of drug-likeness (QED) is 0.725. The van der Waals surface area contributed by atoms with Crippen LogP contribution in [0.1, 0.15) is 20.8 Å². The van der Waals surface area contributed by atoms with Crippen LogP contribution in [0.2, 0.25) is 0 Å². The molecule has 0 aromatic carbocycles. The number of likely N-dealkylation sites (N-methyl/N-ethyl adjacent to an activating group) is 1. The van der Waals surface area contributed by atoms with Gasteiger partial charge in [0.1, 0.15) is 0 Å². The zero-order valence-corrected chi connectivity index (χ0v) is 10.3. The van der Waals surface area contributed by atoms with Crippen molar-refractivity contribution in [3.05, 3.63) is 0 Å². The molecule has 88 valence electrons. The first-order valence-electron chi connectivity index (χ1n) is 5.72. The van der Waals surface area contributed by atoms with Gasteiger partial charge in [-0.25, -0.2) is 0 Å². The van der Waals surface area contributed by atoms with Crippen molar-refractivity contribution in [3.63, 3.8) is 0 Å². The number of nitrogens with one attached hydrogen (secondary N) is 1. The van der Waals surface area contributed by atoms with Crippen LogP contribution in [0.25, 0.3) is 0 Å². The molecule has 4 heteroatoms. The highest BCUT2D eigenvalue weighted by atomic mass is 16.2. The zero-order valence-electron chi connectivity index (χ0n) is 10.3. The van der Waals surface area contributed by atoms with E-state index in [0.717, 1.165) is 19.6 Å². The van der Waals surface area contributed by atoms with Crippen LogP contribution in [0.5, 0.6) is 0 Å². The molecule has 0 aromatic rings. The fourth-order valence-electron chi connectivity index (χ4n) is 1.70. The molecule has 1 amide bonds. The van der Waals surface area contributed by atoms with Gasteiger partial charge in [0, 0.05) is 31.7 Å².